The highest BCUT2D eigenvalue weighted by atomic mass is 19.1. The molecule has 0 spiro atoms. The van der Waals surface area contributed by atoms with Crippen LogP contribution in [0.3, 0.4) is 0 Å². The molecule has 2 rings (SSSR count). The monoisotopic (exact) mass is 356 g/mol. The Balaban J connectivity index is 2.41. The van der Waals surface area contributed by atoms with Gasteiger partial charge in [0, 0.05) is 17.4 Å². The molecule has 0 bridgehead atoms. The Labute approximate surface area is 154 Å². The maximum Gasteiger partial charge on any atom is 0.239 e. The maximum absolute atomic E-state index is 13.3. The highest BCUT2D eigenvalue weighted by molar-refractivity contribution is 5.93. The molecule has 5 nitrogen and oxygen atoms in total. The predicted octanol–water partition coefficient (Wildman–Crippen LogP) is 3.77. The molecule has 1 aromatic heterocycles. The topological polar surface area (TPSA) is 61.1 Å². The number of hydrogen-bond acceptors (Lipinski definition) is 3. The molecule has 1 heterocycles. The van der Waals surface area contributed by atoms with Crippen LogP contribution in [0.4, 0.5) is 10.2 Å². The van der Waals surface area contributed by atoms with E-state index in [1.54, 1.807) is 16.7 Å². The van der Waals surface area contributed by atoms with E-state index in [1.165, 1.54) is 12.1 Å². The third-order valence-electron chi connectivity index (χ3n) is 4.90. The van der Waals surface area contributed by atoms with E-state index in [0.717, 1.165) is 17.7 Å². The molecule has 0 aliphatic rings. The first-order valence-electron chi connectivity index (χ1n) is 8.68. The second kappa shape index (κ2) is 8.15. The van der Waals surface area contributed by atoms with Crippen LogP contribution in [-0.2, 0) is 4.79 Å². The molecular formula is C20H25FN4O. The minimum atomic E-state index is -0.337. The number of amides is 1. The van der Waals surface area contributed by atoms with Gasteiger partial charge in [0.25, 0.3) is 0 Å². The molecular weight excluding hydrogens is 331 g/mol. The first kappa shape index (κ1) is 19.7. The van der Waals surface area contributed by atoms with Crippen molar-refractivity contribution in [1.29, 1.82) is 5.26 Å². The normalized spacial score (nSPS) is 12.1. The molecule has 0 fully saturated rings. The van der Waals surface area contributed by atoms with Gasteiger partial charge in [0.2, 0.25) is 5.91 Å². The van der Waals surface area contributed by atoms with Crippen LogP contribution in [0.15, 0.2) is 24.3 Å². The van der Waals surface area contributed by atoms with E-state index in [2.05, 4.69) is 25.2 Å². The van der Waals surface area contributed by atoms with Crippen molar-refractivity contribution in [3.8, 4) is 11.8 Å². The summed E-state index contributed by atoms with van der Waals surface area (Å²) in [5.74, 6) is -0.0987. The van der Waals surface area contributed by atoms with Crippen molar-refractivity contribution in [3.63, 3.8) is 0 Å². The number of nitriles is 1. The van der Waals surface area contributed by atoms with E-state index in [1.807, 2.05) is 25.8 Å². The maximum atomic E-state index is 13.3. The van der Waals surface area contributed by atoms with Gasteiger partial charge in [-0.05, 0) is 64.1 Å². The molecule has 1 atom stereocenters. The van der Waals surface area contributed by atoms with E-state index < -0.39 is 0 Å². The highest BCUT2D eigenvalue weighted by Gasteiger charge is 2.21. The average molecular weight is 356 g/mol. The molecule has 26 heavy (non-hydrogen) atoms. The average Bonchev–Trinajstić information content (AvgIpc) is 2.85. The molecule has 0 radical (unpaired) electrons. The van der Waals surface area contributed by atoms with Gasteiger partial charge in [-0.2, -0.15) is 5.26 Å². The molecule has 0 saturated heterocycles. The number of nitrogens with zero attached hydrogens (tertiary/aromatic N) is 3. The summed E-state index contributed by atoms with van der Waals surface area (Å²) in [6.45, 7) is 8.07. The lowest BCUT2D eigenvalue weighted by atomic mass is 10.2. The van der Waals surface area contributed by atoms with E-state index in [0.29, 0.717) is 17.1 Å². The van der Waals surface area contributed by atoms with Gasteiger partial charge in [-0.1, -0.05) is 6.92 Å². The van der Waals surface area contributed by atoms with E-state index >= 15 is 0 Å². The molecule has 1 aromatic carbocycles. The van der Waals surface area contributed by atoms with Gasteiger partial charge in [0.15, 0.2) is 0 Å². The second-order valence-corrected chi connectivity index (χ2v) is 6.58. The molecule has 2 aromatic rings. The summed E-state index contributed by atoms with van der Waals surface area (Å²) in [5, 5.41) is 12.4. The van der Waals surface area contributed by atoms with Crippen molar-refractivity contribution in [2.24, 2.45) is 0 Å². The standard InChI is InChI=1S/C20H25FN4O/c1-6-13(2)24(5)12-19(26)23-20-18(11-22)14(3)15(4)25(20)17-9-7-16(21)8-10-17/h7-10,13H,6,12H2,1-5H3,(H,23,26). The summed E-state index contributed by atoms with van der Waals surface area (Å²) in [4.78, 5) is 14.5. The van der Waals surface area contributed by atoms with Crippen molar-refractivity contribution in [1.82, 2.24) is 9.47 Å². The number of benzene rings is 1. The summed E-state index contributed by atoms with van der Waals surface area (Å²) < 4.78 is 15.1. The summed E-state index contributed by atoms with van der Waals surface area (Å²) in [6.07, 6.45) is 0.942. The minimum absolute atomic E-state index is 0.190. The first-order valence-corrected chi connectivity index (χ1v) is 8.68. The number of rotatable bonds is 6. The Morgan fingerprint density at radius 1 is 1.35 bits per heavy atom. The third-order valence-corrected chi connectivity index (χ3v) is 4.90. The lowest BCUT2D eigenvalue weighted by Gasteiger charge is -2.23. The zero-order chi connectivity index (χ0) is 19.4. The number of halogens is 1. The molecule has 1 N–H and O–H groups in total. The Morgan fingerprint density at radius 2 is 1.96 bits per heavy atom. The predicted molar refractivity (Wildman–Crippen MR) is 101 cm³/mol. The molecule has 0 saturated carbocycles. The van der Waals surface area contributed by atoms with Crippen LogP contribution in [0.5, 0.6) is 0 Å². The smallest absolute Gasteiger partial charge is 0.239 e. The van der Waals surface area contributed by atoms with Crippen molar-refractivity contribution in [2.75, 3.05) is 18.9 Å². The van der Waals surface area contributed by atoms with Crippen molar-refractivity contribution in [2.45, 2.75) is 40.2 Å². The van der Waals surface area contributed by atoms with Crippen LogP contribution in [0.25, 0.3) is 5.69 Å². The number of carbonyl (C=O) groups excluding carboxylic acids is 1. The molecule has 0 aliphatic carbocycles. The van der Waals surface area contributed by atoms with Gasteiger partial charge in [-0.25, -0.2) is 4.39 Å². The molecule has 138 valence electrons. The second-order valence-electron chi connectivity index (χ2n) is 6.58. The Hall–Kier alpha value is -2.65. The summed E-state index contributed by atoms with van der Waals surface area (Å²) in [5.41, 5.74) is 2.74. The van der Waals surface area contributed by atoms with Gasteiger partial charge >= 0.3 is 0 Å². The SMILES string of the molecule is CCC(C)N(C)CC(=O)Nc1c(C#N)c(C)c(C)n1-c1ccc(F)cc1. The van der Waals surface area contributed by atoms with Crippen molar-refractivity contribution >= 4 is 11.7 Å². The largest absolute Gasteiger partial charge is 0.310 e. The van der Waals surface area contributed by atoms with E-state index in [9.17, 15) is 14.4 Å². The Morgan fingerprint density at radius 3 is 2.50 bits per heavy atom. The highest BCUT2D eigenvalue weighted by Crippen LogP contribution is 2.30. The fraction of sp³-hybridized carbons (Fsp3) is 0.400. The van der Waals surface area contributed by atoms with Gasteiger partial charge in [-0.3, -0.25) is 14.3 Å². The number of likely N-dealkylation sites (N-methyl/N-ethyl adjacent to an activating group) is 1. The van der Waals surface area contributed by atoms with Crippen LogP contribution in [-0.4, -0.2) is 35.0 Å². The Kier molecular flexibility index (Phi) is 6.17. The van der Waals surface area contributed by atoms with Crippen molar-refractivity contribution < 1.29 is 9.18 Å². The number of anilines is 1. The molecule has 1 unspecified atom stereocenters. The zero-order valence-electron chi connectivity index (χ0n) is 15.9. The van der Waals surface area contributed by atoms with Gasteiger partial charge < -0.3 is 5.32 Å². The number of nitrogens with one attached hydrogen (secondary N) is 1. The van der Waals surface area contributed by atoms with E-state index in [-0.39, 0.29) is 24.3 Å². The van der Waals surface area contributed by atoms with Gasteiger partial charge in [0.05, 0.1) is 12.1 Å². The van der Waals surface area contributed by atoms with Crippen LogP contribution in [0, 0.1) is 31.0 Å². The fourth-order valence-corrected chi connectivity index (χ4v) is 2.84. The van der Waals surface area contributed by atoms with Crippen LogP contribution in [0.2, 0.25) is 0 Å². The van der Waals surface area contributed by atoms with Crippen LogP contribution < -0.4 is 5.32 Å². The molecule has 1 amide bonds. The van der Waals surface area contributed by atoms with Crippen LogP contribution in [0.1, 0.15) is 37.1 Å². The van der Waals surface area contributed by atoms with Crippen molar-refractivity contribution in [3.05, 3.63) is 46.9 Å². The fourth-order valence-electron chi connectivity index (χ4n) is 2.84. The molecule has 0 aliphatic heterocycles. The number of carbonyl (C=O) groups is 1. The summed E-state index contributed by atoms with van der Waals surface area (Å²) >= 11 is 0. The lowest BCUT2D eigenvalue weighted by molar-refractivity contribution is -0.117. The summed E-state index contributed by atoms with van der Waals surface area (Å²) in [7, 11) is 1.90. The third kappa shape index (κ3) is 3.94. The number of aromatic nitrogens is 1. The number of hydrogen-bond donors (Lipinski definition) is 1. The van der Waals surface area contributed by atoms with Crippen LogP contribution >= 0.6 is 0 Å². The van der Waals surface area contributed by atoms with Gasteiger partial charge in [-0.15, -0.1) is 0 Å². The van der Waals surface area contributed by atoms with E-state index in [4.69, 9.17) is 0 Å². The quantitative estimate of drug-likeness (QED) is 0.857. The summed E-state index contributed by atoms with van der Waals surface area (Å²) in [6, 6.07) is 8.43. The zero-order valence-corrected chi connectivity index (χ0v) is 15.9. The first-order chi connectivity index (χ1) is 12.3. The lowest BCUT2D eigenvalue weighted by Crippen LogP contribution is -2.36. The Bertz CT molecular complexity index is 833. The molecule has 6 heteroatoms. The minimum Gasteiger partial charge on any atom is -0.310 e. The van der Waals surface area contributed by atoms with Gasteiger partial charge in [0.1, 0.15) is 17.7 Å².